The monoisotopic (exact) mass is 338 g/mol. The molecule has 0 bridgehead atoms. The second-order valence-electron chi connectivity index (χ2n) is 5.51. The Bertz CT molecular complexity index is 640. The standard InChI is InChI=1S/C14H18N4O6/c19-17(20)12-2-1-11(15-3-7-23-8-4-15)14(18(21)22)13(12)16-5-9-24-10-6-16/h1-2H,3-10H2. The summed E-state index contributed by atoms with van der Waals surface area (Å²) in [6.07, 6.45) is 0. The van der Waals surface area contributed by atoms with Gasteiger partial charge in [-0.2, -0.15) is 0 Å². The molecule has 0 aromatic heterocycles. The van der Waals surface area contributed by atoms with Crippen molar-refractivity contribution in [1.29, 1.82) is 0 Å². The van der Waals surface area contributed by atoms with Gasteiger partial charge >= 0.3 is 5.69 Å². The molecule has 0 saturated carbocycles. The van der Waals surface area contributed by atoms with Crippen LogP contribution in [0.2, 0.25) is 0 Å². The minimum atomic E-state index is -0.569. The Morgan fingerprint density at radius 2 is 1.38 bits per heavy atom. The number of morpholine rings is 2. The highest BCUT2D eigenvalue weighted by atomic mass is 16.6. The SMILES string of the molecule is O=[N+]([O-])c1ccc(N2CCOCC2)c([N+](=O)[O-])c1N1CCOCC1. The highest BCUT2D eigenvalue weighted by Gasteiger charge is 2.35. The number of hydrogen-bond donors (Lipinski definition) is 0. The maximum atomic E-state index is 11.8. The van der Waals surface area contributed by atoms with Crippen molar-refractivity contribution in [2.45, 2.75) is 0 Å². The smallest absolute Gasteiger partial charge is 0.322 e. The van der Waals surface area contributed by atoms with Gasteiger partial charge < -0.3 is 19.3 Å². The molecule has 2 fully saturated rings. The van der Waals surface area contributed by atoms with Gasteiger partial charge in [-0.1, -0.05) is 0 Å². The van der Waals surface area contributed by atoms with Crippen LogP contribution in [0.4, 0.5) is 22.7 Å². The molecule has 0 N–H and O–H groups in total. The van der Waals surface area contributed by atoms with E-state index >= 15 is 0 Å². The Morgan fingerprint density at radius 1 is 0.833 bits per heavy atom. The molecule has 1 aromatic rings. The summed E-state index contributed by atoms with van der Waals surface area (Å²) in [5, 5.41) is 23.2. The molecule has 3 rings (SSSR count). The summed E-state index contributed by atoms with van der Waals surface area (Å²) in [5.74, 6) is 0. The van der Waals surface area contributed by atoms with Gasteiger partial charge in [-0.05, 0) is 6.07 Å². The van der Waals surface area contributed by atoms with Crippen LogP contribution < -0.4 is 9.80 Å². The normalized spacial score (nSPS) is 18.5. The molecule has 130 valence electrons. The molecular formula is C14H18N4O6. The number of benzene rings is 1. The van der Waals surface area contributed by atoms with Gasteiger partial charge in [-0.25, -0.2) is 0 Å². The molecule has 0 aliphatic carbocycles. The molecular weight excluding hydrogens is 320 g/mol. The van der Waals surface area contributed by atoms with Gasteiger partial charge in [0.1, 0.15) is 5.69 Å². The Morgan fingerprint density at radius 3 is 1.88 bits per heavy atom. The molecule has 0 atom stereocenters. The van der Waals surface area contributed by atoms with E-state index in [4.69, 9.17) is 9.47 Å². The highest BCUT2D eigenvalue weighted by Crippen LogP contribution is 2.44. The number of anilines is 2. The first-order valence-corrected chi connectivity index (χ1v) is 7.71. The van der Waals surface area contributed by atoms with E-state index in [1.165, 1.54) is 12.1 Å². The molecule has 1 aromatic carbocycles. The Hall–Kier alpha value is -2.46. The summed E-state index contributed by atoms with van der Waals surface area (Å²) in [4.78, 5) is 25.6. The number of ether oxygens (including phenoxy) is 2. The van der Waals surface area contributed by atoms with E-state index in [0.29, 0.717) is 58.3 Å². The van der Waals surface area contributed by atoms with Crippen LogP contribution in [0, 0.1) is 20.2 Å². The Kier molecular flexibility index (Phi) is 4.76. The highest BCUT2D eigenvalue weighted by molar-refractivity contribution is 5.85. The van der Waals surface area contributed by atoms with Crippen LogP contribution in [0.3, 0.4) is 0 Å². The fraction of sp³-hybridized carbons (Fsp3) is 0.571. The lowest BCUT2D eigenvalue weighted by Gasteiger charge is -2.31. The van der Waals surface area contributed by atoms with Crippen molar-refractivity contribution in [2.24, 2.45) is 0 Å². The van der Waals surface area contributed by atoms with Crippen LogP contribution in [-0.4, -0.2) is 62.5 Å². The lowest BCUT2D eigenvalue weighted by Crippen LogP contribution is -2.39. The van der Waals surface area contributed by atoms with Gasteiger partial charge in [-0.3, -0.25) is 20.2 Å². The molecule has 0 unspecified atom stereocenters. The molecule has 24 heavy (non-hydrogen) atoms. The van der Waals surface area contributed by atoms with Crippen LogP contribution >= 0.6 is 0 Å². The minimum absolute atomic E-state index is 0.0669. The van der Waals surface area contributed by atoms with Gasteiger partial charge in [0.05, 0.1) is 36.3 Å². The Balaban J connectivity index is 2.13. The predicted molar refractivity (Wildman–Crippen MR) is 85.8 cm³/mol. The molecule has 0 radical (unpaired) electrons. The average molecular weight is 338 g/mol. The summed E-state index contributed by atoms with van der Waals surface area (Å²) in [6.45, 7) is 3.51. The maximum Gasteiger partial charge on any atom is 0.322 e. The van der Waals surface area contributed by atoms with Crippen molar-refractivity contribution in [3.05, 3.63) is 32.4 Å². The fourth-order valence-corrected chi connectivity index (χ4v) is 3.04. The van der Waals surface area contributed by atoms with E-state index in [0.717, 1.165) is 0 Å². The van der Waals surface area contributed by atoms with Crippen molar-refractivity contribution < 1.29 is 19.3 Å². The molecule has 2 saturated heterocycles. The van der Waals surface area contributed by atoms with E-state index < -0.39 is 9.85 Å². The fourth-order valence-electron chi connectivity index (χ4n) is 3.04. The lowest BCUT2D eigenvalue weighted by molar-refractivity contribution is -0.392. The van der Waals surface area contributed by atoms with Crippen LogP contribution in [0.1, 0.15) is 0 Å². The van der Waals surface area contributed by atoms with Gasteiger partial charge in [-0.15, -0.1) is 0 Å². The zero-order valence-electron chi connectivity index (χ0n) is 13.0. The topological polar surface area (TPSA) is 111 Å². The van der Waals surface area contributed by atoms with Crippen molar-refractivity contribution in [1.82, 2.24) is 0 Å². The largest absolute Gasteiger partial charge is 0.378 e. The van der Waals surface area contributed by atoms with Crippen LogP contribution in [0.25, 0.3) is 0 Å². The van der Waals surface area contributed by atoms with E-state index in [9.17, 15) is 20.2 Å². The van der Waals surface area contributed by atoms with Gasteiger partial charge in [0.25, 0.3) is 5.69 Å². The molecule has 10 nitrogen and oxygen atoms in total. The van der Waals surface area contributed by atoms with Crippen LogP contribution in [-0.2, 0) is 9.47 Å². The first-order valence-electron chi connectivity index (χ1n) is 7.71. The first kappa shape index (κ1) is 16.4. The zero-order valence-corrected chi connectivity index (χ0v) is 13.0. The van der Waals surface area contributed by atoms with E-state index in [1.54, 1.807) is 4.90 Å². The summed E-state index contributed by atoms with van der Waals surface area (Å²) < 4.78 is 10.5. The van der Waals surface area contributed by atoms with Crippen molar-refractivity contribution >= 4 is 22.7 Å². The summed E-state index contributed by atoms with van der Waals surface area (Å²) in [7, 11) is 0. The van der Waals surface area contributed by atoms with Gasteiger partial charge in [0.15, 0.2) is 5.69 Å². The second-order valence-corrected chi connectivity index (χ2v) is 5.51. The van der Waals surface area contributed by atoms with Crippen LogP contribution in [0.5, 0.6) is 0 Å². The number of nitrogens with zero attached hydrogens (tertiary/aromatic N) is 4. The van der Waals surface area contributed by atoms with Crippen molar-refractivity contribution in [3.8, 4) is 0 Å². The molecule has 10 heteroatoms. The number of nitro groups is 2. The number of rotatable bonds is 4. The predicted octanol–water partition coefficient (Wildman–Crippen LogP) is 1.18. The molecule has 0 amide bonds. The van der Waals surface area contributed by atoms with E-state index in [1.807, 2.05) is 4.90 Å². The molecule has 2 aliphatic heterocycles. The quantitative estimate of drug-likeness (QED) is 0.594. The lowest BCUT2D eigenvalue weighted by atomic mass is 10.1. The number of nitro benzene ring substituents is 2. The third kappa shape index (κ3) is 3.10. The van der Waals surface area contributed by atoms with E-state index in [2.05, 4.69) is 0 Å². The zero-order chi connectivity index (χ0) is 17.1. The molecule has 2 aliphatic rings. The third-order valence-electron chi connectivity index (χ3n) is 4.17. The Labute approximate surface area is 137 Å². The van der Waals surface area contributed by atoms with Crippen molar-refractivity contribution in [3.63, 3.8) is 0 Å². The summed E-state index contributed by atoms with van der Waals surface area (Å²) >= 11 is 0. The molecule has 0 spiro atoms. The first-order chi connectivity index (χ1) is 11.6. The summed E-state index contributed by atoms with van der Waals surface area (Å²) in [5.41, 5.74) is 0.00120. The van der Waals surface area contributed by atoms with Crippen molar-refractivity contribution in [2.75, 3.05) is 62.4 Å². The van der Waals surface area contributed by atoms with Crippen LogP contribution in [0.15, 0.2) is 12.1 Å². The molecule has 2 heterocycles. The maximum absolute atomic E-state index is 11.8. The minimum Gasteiger partial charge on any atom is -0.378 e. The second kappa shape index (κ2) is 6.97. The third-order valence-corrected chi connectivity index (χ3v) is 4.17. The van der Waals surface area contributed by atoms with Gasteiger partial charge in [0, 0.05) is 32.2 Å². The average Bonchev–Trinajstić information content (AvgIpc) is 2.61. The van der Waals surface area contributed by atoms with Gasteiger partial charge in [0.2, 0.25) is 0 Å². The van der Waals surface area contributed by atoms with E-state index in [-0.39, 0.29) is 17.1 Å². The number of hydrogen-bond acceptors (Lipinski definition) is 8. The summed E-state index contributed by atoms with van der Waals surface area (Å²) in [6, 6.07) is 2.81.